The summed E-state index contributed by atoms with van der Waals surface area (Å²) in [6.45, 7) is 8.50. The third kappa shape index (κ3) is 3.04. The molecule has 2 fully saturated rings. The van der Waals surface area contributed by atoms with E-state index in [2.05, 4.69) is 5.32 Å². The number of carbonyl (C=O) groups excluding carboxylic acids is 1. The van der Waals surface area contributed by atoms with E-state index in [1.54, 1.807) is 4.90 Å². The Hall–Kier alpha value is -1.59. The van der Waals surface area contributed by atoms with Gasteiger partial charge < -0.3 is 19.7 Å². The van der Waals surface area contributed by atoms with E-state index in [-0.39, 0.29) is 11.4 Å². The van der Waals surface area contributed by atoms with E-state index in [1.807, 2.05) is 45.0 Å². The number of carbonyl (C=O) groups is 1. The predicted molar refractivity (Wildman–Crippen MR) is 80.2 cm³/mol. The number of rotatable bonds is 1. The Morgan fingerprint density at radius 1 is 1.24 bits per heavy atom. The SMILES string of the molecule is Cc1cccc(NC(=O)N2CC3(COC(C)(C)OC3)C2)c1. The van der Waals surface area contributed by atoms with Crippen molar-refractivity contribution in [1.29, 1.82) is 0 Å². The van der Waals surface area contributed by atoms with E-state index in [9.17, 15) is 4.79 Å². The minimum absolute atomic E-state index is 0.0283. The first-order valence-electron chi connectivity index (χ1n) is 7.28. The van der Waals surface area contributed by atoms with Crippen LogP contribution < -0.4 is 5.32 Å². The van der Waals surface area contributed by atoms with E-state index in [0.29, 0.717) is 26.3 Å². The standard InChI is InChI=1S/C16H22N2O3/c1-12-5-4-6-13(7-12)17-14(19)18-8-16(9-18)10-20-15(2,3)21-11-16/h4-7H,8-11H2,1-3H3,(H,17,19). The fourth-order valence-electron chi connectivity index (χ4n) is 2.75. The molecule has 0 radical (unpaired) electrons. The molecule has 0 bridgehead atoms. The first kappa shape index (κ1) is 14.4. The van der Waals surface area contributed by atoms with Gasteiger partial charge in [0.15, 0.2) is 5.79 Å². The maximum atomic E-state index is 12.2. The monoisotopic (exact) mass is 290 g/mol. The lowest BCUT2D eigenvalue weighted by atomic mass is 9.81. The van der Waals surface area contributed by atoms with E-state index in [1.165, 1.54) is 0 Å². The molecule has 0 aromatic heterocycles. The Morgan fingerprint density at radius 3 is 2.52 bits per heavy atom. The molecule has 21 heavy (non-hydrogen) atoms. The Labute approximate surface area is 125 Å². The first-order valence-corrected chi connectivity index (χ1v) is 7.28. The van der Waals surface area contributed by atoms with E-state index in [0.717, 1.165) is 11.3 Å². The maximum Gasteiger partial charge on any atom is 0.321 e. The number of anilines is 1. The molecule has 1 N–H and O–H groups in total. The molecule has 2 aliphatic rings. The molecule has 1 aromatic carbocycles. The molecule has 1 aromatic rings. The summed E-state index contributed by atoms with van der Waals surface area (Å²) in [4.78, 5) is 14.0. The molecule has 1 spiro atoms. The molecule has 2 saturated heterocycles. The molecule has 5 heteroatoms. The molecule has 0 unspecified atom stereocenters. The highest BCUT2D eigenvalue weighted by Gasteiger charge is 2.50. The van der Waals surface area contributed by atoms with E-state index < -0.39 is 5.79 Å². The fraction of sp³-hybridized carbons (Fsp3) is 0.562. The van der Waals surface area contributed by atoms with Crippen LogP contribution in [0.5, 0.6) is 0 Å². The summed E-state index contributed by atoms with van der Waals surface area (Å²) < 4.78 is 11.4. The van der Waals surface area contributed by atoms with Gasteiger partial charge in [-0.1, -0.05) is 12.1 Å². The maximum absolute atomic E-state index is 12.2. The zero-order valence-corrected chi connectivity index (χ0v) is 12.8. The molecule has 5 nitrogen and oxygen atoms in total. The van der Waals surface area contributed by atoms with Gasteiger partial charge in [-0.15, -0.1) is 0 Å². The number of urea groups is 1. The van der Waals surface area contributed by atoms with Gasteiger partial charge in [-0.05, 0) is 38.5 Å². The zero-order valence-electron chi connectivity index (χ0n) is 12.8. The number of hydrogen-bond donors (Lipinski definition) is 1. The van der Waals surface area contributed by atoms with Crippen molar-refractivity contribution in [2.45, 2.75) is 26.6 Å². The largest absolute Gasteiger partial charge is 0.350 e. The molecule has 3 rings (SSSR count). The second-order valence-corrected chi connectivity index (χ2v) is 6.63. The minimum atomic E-state index is -0.504. The van der Waals surface area contributed by atoms with Crippen LogP contribution in [0.4, 0.5) is 10.5 Å². The Morgan fingerprint density at radius 2 is 1.90 bits per heavy atom. The molecule has 114 valence electrons. The van der Waals surface area contributed by atoms with Gasteiger partial charge in [0, 0.05) is 18.8 Å². The van der Waals surface area contributed by atoms with Crippen molar-refractivity contribution in [2.75, 3.05) is 31.6 Å². The number of nitrogens with zero attached hydrogens (tertiary/aromatic N) is 1. The summed E-state index contributed by atoms with van der Waals surface area (Å²) in [7, 11) is 0. The van der Waals surface area contributed by atoms with Crippen LogP contribution in [0.1, 0.15) is 19.4 Å². The molecular weight excluding hydrogens is 268 g/mol. The quantitative estimate of drug-likeness (QED) is 0.865. The van der Waals surface area contributed by atoms with Crippen molar-refractivity contribution in [3.05, 3.63) is 29.8 Å². The van der Waals surface area contributed by atoms with Crippen LogP contribution in [0.2, 0.25) is 0 Å². The number of aryl methyl sites for hydroxylation is 1. The molecule has 0 aliphatic carbocycles. The number of ether oxygens (including phenoxy) is 2. The smallest absolute Gasteiger partial charge is 0.321 e. The summed E-state index contributed by atoms with van der Waals surface area (Å²) in [5.41, 5.74) is 1.93. The summed E-state index contributed by atoms with van der Waals surface area (Å²) in [5, 5.41) is 2.93. The van der Waals surface area contributed by atoms with Gasteiger partial charge in [0.25, 0.3) is 0 Å². The third-order valence-electron chi connectivity index (χ3n) is 4.06. The van der Waals surface area contributed by atoms with Gasteiger partial charge in [-0.25, -0.2) is 4.79 Å². The lowest BCUT2D eigenvalue weighted by Crippen LogP contribution is -2.66. The summed E-state index contributed by atoms with van der Waals surface area (Å²) in [5.74, 6) is -0.504. The highest BCUT2D eigenvalue weighted by atomic mass is 16.7. The first-order chi connectivity index (χ1) is 9.88. The van der Waals surface area contributed by atoms with Crippen molar-refractivity contribution in [2.24, 2.45) is 5.41 Å². The van der Waals surface area contributed by atoms with Crippen molar-refractivity contribution in [3.63, 3.8) is 0 Å². The highest BCUT2D eigenvalue weighted by molar-refractivity contribution is 5.90. The van der Waals surface area contributed by atoms with E-state index >= 15 is 0 Å². The summed E-state index contributed by atoms with van der Waals surface area (Å²) in [6, 6.07) is 7.75. The van der Waals surface area contributed by atoms with Gasteiger partial charge in [0.05, 0.1) is 18.6 Å². The number of hydrogen-bond acceptors (Lipinski definition) is 3. The molecule has 2 amide bonds. The average Bonchev–Trinajstić information content (AvgIpc) is 2.36. The van der Waals surface area contributed by atoms with Crippen molar-refractivity contribution in [3.8, 4) is 0 Å². The van der Waals surface area contributed by atoms with Crippen LogP contribution in [0, 0.1) is 12.3 Å². The lowest BCUT2D eigenvalue weighted by molar-refractivity contribution is -0.301. The normalized spacial score (nSPS) is 22.7. The summed E-state index contributed by atoms with van der Waals surface area (Å²) in [6.07, 6.45) is 0. The molecule has 2 aliphatic heterocycles. The van der Waals surface area contributed by atoms with Crippen LogP contribution in [0.25, 0.3) is 0 Å². The van der Waals surface area contributed by atoms with Crippen molar-refractivity contribution in [1.82, 2.24) is 4.90 Å². The third-order valence-corrected chi connectivity index (χ3v) is 4.06. The van der Waals surface area contributed by atoms with Gasteiger partial charge in [-0.3, -0.25) is 0 Å². The van der Waals surface area contributed by atoms with Gasteiger partial charge >= 0.3 is 6.03 Å². The van der Waals surface area contributed by atoms with Crippen LogP contribution in [-0.2, 0) is 9.47 Å². The van der Waals surface area contributed by atoms with E-state index in [4.69, 9.17) is 9.47 Å². The predicted octanol–water partition coefficient (Wildman–Crippen LogP) is 2.61. The van der Waals surface area contributed by atoms with Crippen LogP contribution in [0.3, 0.4) is 0 Å². The minimum Gasteiger partial charge on any atom is -0.350 e. The number of nitrogens with one attached hydrogen (secondary N) is 1. The Kier molecular flexibility index (Phi) is 3.42. The number of benzene rings is 1. The second kappa shape index (κ2) is 5.00. The molecular formula is C16H22N2O3. The second-order valence-electron chi connectivity index (χ2n) is 6.63. The van der Waals surface area contributed by atoms with Crippen LogP contribution in [0.15, 0.2) is 24.3 Å². The Bertz CT molecular complexity index is 538. The number of amides is 2. The molecule has 0 saturated carbocycles. The van der Waals surface area contributed by atoms with Gasteiger partial charge in [-0.2, -0.15) is 0 Å². The summed E-state index contributed by atoms with van der Waals surface area (Å²) >= 11 is 0. The zero-order chi connectivity index (χ0) is 15.1. The Balaban J connectivity index is 1.53. The lowest BCUT2D eigenvalue weighted by Gasteiger charge is -2.53. The highest BCUT2D eigenvalue weighted by Crippen LogP contribution is 2.37. The average molecular weight is 290 g/mol. The van der Waals surface area contributed by atoms with Gasteiger partial charge in [0.1, 0.15) is 0 Å². The topological polar surface area (TPSA) is 50.8 Å². The van der Waals surface area contributed by atoms with Crippen molar-refractivity contribution < 1.29 is 14.3 Å². The van der Waals surface area contributed by atoms with Gasteiger partial charge in [0.2, 0.25) is 0 Å². The van der Waals surface area contributed by atoms with Crippen LogP contribution in [-0.4, -0.2) is 43.0 Å². The number of likely N-dealkylation sites (tertiary alicyclic amines) is 1. The molecule has 0 atom stereocenters. The van der Waals surface area contributed by atoms with Crippen LogP contribution >= 0.6 is 0 Å². The fourth-order valence-corrected chi connectivity index (χ4v) is 2.75. The molecule has 2 heterocycles. The van der Waals surface area contributed by atoms with Crippen molar-refractivity contribution >= 4 is 11.7 Å².